The molecule has 0 aliphatic rings. The van der Waals surface area contributed by atoms with E-state index in [4.69, 9.17) is 4.74 Å². The lowest BCUT2D eigenvalue weighted by Gasteiger charge is -2.20. The van der Waals surface area contributed by atoms with Crippen LogP contribution >= 0.6 is 0 Å². The fourth-order valence-electron chi connectivity index (χ4n) is 1.62. The van der Waals surface area contributed by atoms with Crippen molar-refractivity contribution in [3.63, 3.8) is 0 Å². The van der Waals surface area contributed by atoms with E-state index in [1.807, 2.05) is 45.0 Å². The van der Waals surface area contributed by atoms with Gasteiger partial charge >= 0.3 is 5.97 Å². The van der Waals surface area contributed by atoms with Gasteiger partial charge in [-0.1, -0.05) is 44.2 Å². The summed E-state index contributed by atoms with van der Waals surface area (Å²) in [5.74, 6) is -0.356. The van der Waals surface area contributed by atoms with Crippen molar-refractivity contribution in [2.45, 2.75) is 46.1 Å². The van der Waals surface area contributed by atoms with Crippen LogP contribution in [0, 0.1) is 0 Å². The number of hydrogen-bond donors (Lipinski definition) is 0. The fraction of sp³-hybridized carbons (Fsp3) is 0.438. The molecule has 0 heterocycles. The van der Waals surface area contributed by atoms with Crippen LogP contribution in [0.25, 0.3) is 5.57 Å². The zero-order valence-corrected chi connectivity index (χ0v) is 11.7. The predicted molar refractivity (Wildman–Crippen MR) is 75.3 cm³/mol. The van der Waals surface area contributed by atoms with Crippen LogP contribution in [0.5, 0.6) is 0 Å². The van der Waals surface area contributed by atoms with Crippen LogP contribution in [0.1, 0.15) is 45.2 Å². The summed E-state index contributed by atoms with van der Waals surface area (Å²) >= 11 is 0. The number of ether oxygens (including phenoxy) is 1. The Morgan fingerprint density at radius 3 is 2.22 bits per heavy atom. The third-order valence-electron chi connectivity index (χ3n) is 2.49. The molecule has 0 spiro atoms. The third kappa shape index (κ3) is 4.36. The molecular formula is C16H22O2. The number of esters is 1. The number of hydrogen-bond acceptors (Lipinski definition) is 2. The van der Waals surface area contributed by atoms with Gasteiger partial charge in [-0.2, -0.15) is 0 Å². The SMILES string of the molecule is C=C(C(=O)OC(C)(C)C)c1ccc(CCC)cc1. The maximum atomic E-state index is 11.8. The van der Waals surface area contributed by atoms with Gasteiger partial charge in [-0.3, -0.25) is 0 Å². The standard InChI is InChI=1S/C16H22O2/c1-6-7-13-8-10-14(11-9-13)12(2)15(17)18-16(3,4)5/h8-11H,2,6-7H2,1,3-5H3. The average Bonchev–Trinajstić information content (AvgIpc) is 2.27. The van der Waals surface area contributed by atoms with E-state index in [0.29, 0.717) is 5.57 Å². The minimum Gasteiger partial charge on any atom is -0.456 e. The minimum atomic E-state index is -0.484. The maximum absolute atomic E-state index is 11.8. The second-order valence-corrected chi connectivity index (χ2v) is 5.43. The molecule has 98 valence electrons. The maximum Gasteiger partial charge on any atom is 0.338 e. The van der Waals surface area contributed by atoms with Crippen molar-refractivity contribution in [3.05, 3.63) is 42.0 Å². The van der Waals surface area contributed by atoms with Crippen LogP contribution < -0.4 is 0 Å². The Morgan fingerprint density at radius 1 is 1.22 bits per heavy atom. The first-order valence-electron chi connectivity index (χ1n) is 6.35. The summed E-state index contributed by atoms with van der Waals surface area (Å²) in [5.41, 5.74) is 2.03. The lowest BCUT2D eigenvalue weighted by molar-refractivity contribution is -0.147. The Morgan fingerprint density at radius 2 is 1.78 bits per heavy atom. The average molecular weight is 246 g/mol. The second kappa shape index (κ2) is 5.85. The summed E-state index contributed by atoms with van der Waals surface area (Å²) in [6.45, 7) is 11.5. The zero-order chi connectivity index (χ0) is 13.8. The van der Waals surface area contributed by atoms with Crippen molar-refractivity contribution in [2.75, 3.05) is 0 Å². The lowest BCUT2D eigenvalue weighted by atomic mass is 10.0. The van der Waals surface area contributed by atoms with Crippen LogP contribution in [-0.2, 0) is 16.0 Å². The molecule has 0 saturated heterocycles. The van der Waals surface area contributed by atoms with Crippen molar-refractivity contribution in [2.24, 2.45) is 0 Å². The molecule has 0 fully saturated rings. The van der Waals surface area contributed by atoms with Crippen molar-refractivity contribution >= 4 is 11.5 Å². The number of carbonyl (C=O) groups excluding carboxylic acids is 1. The minimum absolute atomic E-state index is 0.356. The third-order valence-corrected chi connectivity index (χ3v) is 2.49. The van der Waals surface area contributed by atoms with E-state index in [2.05, 4.69) is 13.5 Å². The van der Waals surface area contributed by atoms with Crippen LogP contribution in [0.3, 0.4) is 0 Å². The van der Waals surface area contributed by atoms with Crippen LogP contribution in [0.15, 0.2) is 30.8 Å². The molecule has 0 saturated carbocycles. The van der Waals surface area contributed by atoms with Crippen LogP contribution in [0.2, 0.25) is 0 Å². The number of benzene rings is 1. The Labute approximate surface area is 110 Å². The molecule has 0 aliphatic carbocycles. The quantitative estimate of drug-likeness (QED) is 0.593. The monoisotopic (exact) mass is 246 g/mol. The van der Waals surface area contributed by atoms with Gasteiger partial charge in [0, 0.05) is 0 Å². The Bertz CT molecular complexity index is 421. The van der Waals surface area contributed by atoms with Gasteiger partial charge in [0.15, 0.2) is 0 Å². The molecule has 0 unspecified atom stereocenters. The highest BCUT2D eigenvalue weighted by molar-refractivity contribution is 6.15. The van der Waals surface area contributed by atoms with Crippen LogP contribution in [0.4, 0.5) is 0 Å². The summed E-state index contributed by atoms with van der Waals surface area (Å²) in [6, 6.07) is 7.93. The summed E-state index contributed by atoms with van der Waals surface area (Å²) in [4.78, 5) is 11.8. The van der Waals surface area contributed by atoms with Gasteiger partial charge in [-0.25, -0.2) is 4.79 Å². The highest BCUT2D eigenvalue weighted by Gasteiger charge is 2.19. The van der Waals surface area contributed by atoms with E-state index >= 15 is 0 Å². The molecule has 2 heteroatoms. The summed E-state index contributed by atoms with van der Waals surface area (Å²) in [7, 11) is 0. The molecule has 1 rings (SSSR count). The molecule has 0 aliphatic heterocycles. The summed E-state index contributed by atoms with van der Waals surface area (Å²) < 4.78 is 5.29. The van der Waals surface area contributed by atoms with E-state index in [0.717, 1.165) is 18.4 Å². The first-order valence-corrected chi connectivity index (χ1v) is 6.35. The zero-order valence-electron chi connectivity index (χ0n) is 11.7. The molecular weight excluding hydrogens is 224 g/mol. The Balaban J connectivity index is 2.75. The lowest BCUT2D eigenvalue weighted by Crippen LogP contribution is -2.24. The normalized spacial score (nSPS) is 11.1. The molecule has 0 aromatic heterocycles. The first-order chi connectivity index (χ1) is 8.33. The van der Waals surface area contributed by atoms with Gasteiger partial charge in [-0.05, 0) is 38.3 Å². The van der Waals surface area contributed by atoms with Crippen molar-refractivity contribution in [1.82, 2.24) is 0 Å². The van der Waals surface area contributed by atoms with Gasteiger partial charge in [0.05, 0.1) is 5.57 Å². The van der Waals surface area contributed by atoms with Crippen LogP contribution in [-0.4, -0.2) is 11.6 Å². The number of aryl methyl sites for hydroxylation is 1. The molecule has 2 nitrogen and oxygen atoms in total. The van der Waals surface area contributed by atoms with Crippen molar-refractivity contribution in [1.29, 1.82) is 0 Å². The van der Waals surface area contributed by atoms with Gasteiger partial charge in [0.1, 0.15) is 5.60 Å². The van der Waals surface area contributed by atoms with E-state index in [-0.39, 0.29) is 5.97 Å². The van der Waals surface area contributed by atoms with Gasteiger partial charge < -0.3 is 4.74 Å². The predicted octanol–water partition coefficient (Wildman–Crippen LogP) is 3.99. The highest BCUT2D eigenvalue weighted by Crippen LogP contribution is 2.19. The Hall–Kier alpha value is -1.57. The molecule has 0 N–H and O–H groups in total. The summed E-state index contributed by atoms with van der Waals surface area (Å²) in [5, 5.41) is 0. The van der Waals surface area contributed by atoms with E-state index < -0.39 is 5.60 Å². The topological polar surface area (TPSA) is 26.3 Å². The largest absolute Gasteiger partial charge is 0.456 e. The summed E-state index contributed by atoms with van der Waals surface area (Å²) in [6.07, 6.45) is 2.17. The van der Waals surface area contributed by atoms with E-state index in [9.17, 15) is 4.79 Å². The van der Waals surface area contributed by atoms with Crippen molar-refractivity contribution in [3.8, 4) is 0 Å². The van der Waals surface area contributed by atoms with E-state index in [1.54, 1.807) is 0 Å². The van der Waals surface area contributed by atoms with Crippen molar-refractivity contribution < 1.29 is 9.53 Å². The van der Waals surface area contributed by atoms with Gasteiger partial charge in [0.2, 0.25) is 0 Å². The van der Waals surface area contributed by atoms with Gasteiger partial charge in [0.25, 0.3) is 0 Å². The smallest absolute Gasteiger partial charge is 0.338 e. The van der Waals surface area contributed by atoms with Gasteiger partial charge in [-0.15, -0.1) is 0 Å². The Kier molecular flexibility index (Phi) is 4.71. The first kappa shape index (κ1) is 14.5. The highest BCUT2D eigenvalue weighted by atomic mass is 16.6. The van der Waals surface area contributed by atoms with E-state index in [1.165, 1.54) is 5.56 Å². The molecule has 0 amide bonds. The fourth-order valence-corrected chi connectivity index (χ4v) is 1.62. The molecule has 0 radical (unpaired) electrons. The molecule has 0 atom stereocenters. The molecule has 0 bridgehead atoms. The molecule has 1 aromatic carbocycles. The number of rotatable bonds is 4. The molecule has 1 aromatic rings. The molecule has 18 heavy (non-hydrogen) atoms. The second-order valence-electron chi connectivity index (χ2n) is 5.43. The number of carbonyl (C=O) groups is 1.